The fourth-order valence-corrected chi connectivity index (χ4v) is 4.20. The van der Waals surface area contributed by atoms with Crippen LogP contribution in [0.5, 0.6) is 5.75 Å². The van der Waals surface area contributed by atoms with Crippen molar-refractivity contribution in [1.82, 2.24) is 8.87 Å². The fourth-order valence-electron chi connectivity index (χ4n) is 2.54. The van der Waals surface area contributed by atoms with Crippen LogP contribution >= 0.6 is 0 Å². The van der Waals surface area contributed by atoms with E-state index in [0.717, 1.165) is 24.6 Å². The molecule has 2 aromatic rings. The highest BCUT2D eigenvalue weighted by Crippen LogP contribution is 2.34. The quantitative estimate of drug-likeness (QED) is 0.813. The number of sulfonamides is 1. The number of halogens is 1. The summed E-state index contributed by atoms with van der Waals surface area (Å²) in [4.78, 5) is -0.0445. The van der Waals surface area contributed by atoms with E-state index in [0.29, 0.717) is 0 Å². The summed E-state index contributed by atoms with van der Waals surface area (Å²) >= 11 is 0. The monoisotopic (exact) mass is 338 g/mol. The van der Waals surface area contributed by atoms with Crippen molar-refractivity contribution in [3.8, 4) is 5.75 Å². The van der Waals surface area contributed by atoms with Crippen molar-refractivity contribution in [3.63, 3.8) is 0 Å². The van der Waals surface area contributed by atoms with Crippen molar-refractivity contribution in [1.29, 1.82) is 0 Å². The van der Waals surface area contributed by atoms with Crippen molar-refractivity contribution in [2.45, 2.75) is 30.3 Å². The number of hydrogen-bond acceptors (Lipinski definition) is 3. The Hall–Kier alpha value is -1.86. The minimum Gasteiger partial charge on any atom is -0.494 e. The number of nitrogens with zero attached hydrogens (tertiary/aromatic N) is 2. The molecule has 1 saturated carbocycles. The van der Waals surface area contributed by atoms with Gasteiger partial charge in [-0.15, -0.1) is 0 Å². The summed E-state index contributed by atoms with van der Waals surface area (Å²) in [6, 6.07) is 7.50. The molecular formula is C16H19FN2O3S. The van der Waals surface area contributed by atoms with Gasteiger partial charge in [-0.2, -0.15) is 4.31 Å². The molecule has 0 aliphatic heterocycles. The molecule has 0 amide bonds. The molecule has 0 radical (unpaired) electrons. The highest BCUT2D eigenvalue weighted by atomic mass is 32.2. The number of methoxy groups -OCH3 is 1. The van der Waals surface area contributed by atoms with Crippen LogP contribution in [0.1, 0.15) is 18.5 Å². The van der Waals surface area contributed by atoms with Gasteiger partial charge in [-0.1, -0.05) is 0 Å². The molecule has 23 heavy (non-hydrogen) atoms. The molecule has 1 aromatic heterocycles. The number of rotatable bonds is 6. The van der Waals surface area contributed by atoms with Crippen LogP contribution in [-0.4, -0.2) is 30.4 Å². The molecule has 0 N–H and O–H groups in total. The van der Waals surface area contributed by atoms with Crippen molar-refractivity contribution in [3.05, 3.63) is 48.0 Å². The SMILES string of the molecule is COc1ccc(S(=O)(=O)N(Cc2cccn2C)C2CC2)cc1F. The third kappa shape index (κ3) is 3.11. The van der Waals surface area contributed by atoms with E-state index < -0.39 is 15.8 Å². The molecule has 7 heteroatoms. The summed E-state index contributed by atoms with van der Waals surface area (Å²) < 4.78 is 47.9. The molecule has 1 heterocycles. The van der Waals surface area contributed by atoms with Gasteiger partial charge in [-0.05, 0) is 43.2 Å². The van der Waals surface area contributed by atoms with E-state index in [4.69, 9.17) is 4.74 Å². The lowest BCUT2D eigenvalue weighted by Gasteiger charge is -2.22. The van der Waals surface area contributed by atoms with E-state index >= 15 is 0 Å². The minimum atomic E-state index is -3.75. The van der Waals surface area contributed by atoms with E-state index in [1.807, 2.05) is 29.9 Å². The lowest BCUT2D eigenvalue weighted by Crippen LogP contribution is -2.33. The first kappa shape index (κ1) is 16.0. The van der Waals surface area contributed by atoms with Crippen LogP contribution in [0.4, 0.5) is 4.39 Å². The maximum absolute atomic E-state index is 13.9. The van der Waals surface area contributed by atoms with Gasteiger partial charge in [0.15, 0.2) is 11.6 Å². The fraction of sp³-hybridized carbons (Fsp3) is 0.375. The van der Waals surface area contributed by atoms with Gasteiger partial charge in [0.1, 0.15) is 0 Å². The lowest BCUT2D eigenvalue weighted by atomic mass is 10.3. The maximum Gasteiger partial charge on any atom is 0.243 e. The topological polar surface area (TPSA) is 51.5 Å². The number of hydrogen-bond donors (Lipinski definition) is 0. The van der Waals surface area contributed by atoms with Crippen LogP contribution in [0.15, 0.2) is 41.4 Å². The third-order valence-corrected chi connectivity index (χ3v) is 5.95. The summed E-state index contributed by atoms with van der Waals surface area (Å²) in [7, 11) is -0.533. The Labute approximate surface area is 135 Å². The van der Waals surface area contributed by atoms with Gasteiger partial charge in [-0.3, -0.25) is 0 Å². The van der Waals surface area contributed by atoms with E-state index in [-0.39, 0.29) is 23.2 Å². The van der Waals surface area contributed by atoms with Gasteiger partial charge in [0, 0.05) is 25.0 Å². The zero-order valence-corrected chi connectivity index (χ0v) is 13.9. The summed E-state index contributed by atoms with van der Waals surface area (Å²) in [5.41, 5.74) is 0.898. The average molecular weight is 338 g/mol. The molecular weight excluding hydrogens is 319 g/mol. The van der Waals surface area contributed by atoms with Gasteiger partial charge in [0.05, 0.1) is 18.6 Å². The van der Waals surface area contributed by atoms with Crippen LogP contribution in [0.2, 0.25) is 0 Å². The molecule has 0 unspecified atom stereocenters. The normalized spacial score (nSPS) is 15.1. The van der Waals surface area contributed by atoms with Crippen LogP contribution in [0, 0.1) is 5.82 Å². The molecule has 0 atom stereocenters. The van der Waals surface area contributed by atoms with Crippen LogP contribution in [-0.2, 0) is 23.6 Å². The predicted molar refractivity (Wildman–Crippen MR) is 84.1 cm³/mol. The van der Waals surface area contributed by atoms with Crippen LogP contribution in [0.25, 0.3) is 0 Å². The number of benzene rings is 1. The third-order valence-electron chi connectivity index (χ3n) is 4.05. The van der Waals surface area contributed by atoms with Gasteiger partial charge in [0.25, 0.3) is 0 Å². The first-order chi connectivity index (χ1) is 10.9. The average Bonchev–Trinajstić information content (AvgIpc) is 3.27. The molecule has 5 nitrogen and oxygen atoms in total. The molecule has 124 valence electrons. The van der Waals surface area contributed by atoms with Crippen LogP contribution < -0.4 is 4.74 Å². The highest BCUT2D eigenvalue weighted by molar-refractivity contribution is 7.89. The minimum absolute atomic E-state index is 0.0138. The first-order valence-electron chi connectivity index (χ1n) is 7.39. The Morgan fingerprint density at radius 3 is 2.61 bits per heavy atom. The smallest absolute Gasteiger partial charge is 0.243 e. The second-order valence-electron chi connectivity index (χ2n) is 5.69. The zero-order chi connectivity index (χ0) is 16.6. The van der Waals surface area contributed by atoms with Gasteiger partial charge in [-0.25, -0.2) is 12.8 Å². The number of ether oxygens (including phenoxy) is 1. The summed E-state index contributed by atoms with van der Waals surface area (Å²) in [6.45, 7) is 0.282. The molecule has 1 aliphatic carbocycles. The van der Waals surface area contributed by atoms with Gasteiger partial charge >= 0.3 is 0 Å². The Morgan fingerprint density at radius 1 is 1.35 bits per heavy atom. The van der Waals surface area contributed by atoms with Gasteiger partial charge in [0.2, 0.25) is 10.0 Å². The summed E-state index contributed by atoms with van der Waals surface area (Å²) in [5.74, 6) is -0.646. The molecule has 1 fully saturated rings. The maximum atomic E-state index is 13.9. The summed E-state index contributed by atoms with van der Waals surface area (Å²) in [6.07, 6.45) is 3.55. The van der Waals surface area contributed by atoms with E-state index in [1.165, 1.54) is 23.5 Å². The molecule has 1 aromatic carbocycles. The van der Waals surface area contributed by atoms with Crippen LogP contribution in [0.3, 0.4) is 0 Å². The van der Waals surface area contributed by atoms with Crippen molar-refractivity contribution in [2.75, 3.05) is 7.11 Å². The highest BCUT2D eigenvalue weighted by Gasteiger charge is 2.38. The Kier molecular flexibility index (Phi) is 4.16. The lowest BCUT2D eigenvalue weighted by molar-refractivity contribution is 0.381. The first-order valence-corrected chi connectivity index (χ1v) is 8.83. The Morgan fingerprint density at radius 2 is 2.09 bits per heavy atom. The second-order valence-corrected chi connectivity index (χ2v) is 7.58. The zero-order valence-electron chi connectivity index (χ0n) is 13.1. The standard InChI is InChI=1S/C16H19FN2O3S/c1-18-9-3-4-13(18)11-19(12-5-6-12)23(20,21)14-7-8-16(22-2)15(17)10-14/h3-4,7-10,12H,5-6,11H2,1-2H3. The Bertz CT molecular complexity index is 812. The number of aromatic nitrogens is 1. The number of aryl methyl sites for hydroxylation is 1. The molecule has 3 rings (SSSR count). The molecule has 0 saturated heterocycles. The Balaban J connectivity index is 1.95. The van der Waals surface area contributed by atoms with Gasteiger partial charge < -0.3 is 9.30 Å². The van der Waals surface area contributed by atoms with Crippen molar-refractivity contribution in [2.24, 2.45) is 7.05 Å². The largest absolute Gasteiger partial charge is 0.494 e. The molecule has 1 aliphatic rings. The van der Waals surface area contributed by atoms with E-state index in [1.54, 1.807) is 0 Å². The molecule has 0 bridgehead atoms. The van der Waals surface area contributed by atoms with E-state index in [2.05, 4.69) is 0 Å². The predicted octanol–water partition coefficient (Wildman–Crippen LogP) is 2.53. The van der Waals surface area contributed by atoms with Crippen molar-refractivity contribution >= 4 is 10.0 Å². The van der Waals surface area contributed by atoms with Crippen molar-refractivity contribution < 1.29 is 17.5 Å². The second kappa shape index (κ2) is 5.98. The summed E-state index contributed by atoms with van der Waals surface area (Å²) in [5, 5.41) is 0. The molecule has 0 spiro atoms. The van der Waals surface area contributed by atoms with E-state index in [9.17, 15) is 12.8 Å².